The molecular formula is C18H19N3O3. The molecule has 6 heteroatoms. The van der Waals surface area contributed by atoms with Crippen LogP contribution in [0, 0.1) is 0 Å². The van der Waals surface area contributed by atoms with Crippen molar-refractivity contribution < 1.29 is 13.9 Å². The summed E-state index contributed by atoms with van der Waals surface area (Å²) in [6, 6.07) is 9.48. The molecule has 1 aliphatic heterocycles. The number of methoxy groups -OCH3 is 1. The lowest BCUT2D eigenvalue weighted by atomic mass is 10.2. The van der Waals surface area contributed by atoms with E-state index in [2.05, 4.69) is 16.9 Å². The topological polar surface area (TPSA) is 58.8 Å². The Hall–Kier alpha value is -2.60. The summed E-state index contributed by atoms with van der Waals surface area (Å²) in [6.45, 7) is 3.21. The minimum Gasteiger partial charge on any atom is -0.497 e. The van der Waals surface area contributed by atoms with E-state index in [0.29, 0.717) is 11.5 Å². The van der Waals surface area contributed by atoms with Gasteiger partial charge in [-0.25, -0.2) is 4.98 Å². The van der Waals surface area contributed by atoms with E-state index < -0.39 is 0 Å². The van der Waals surface area contributed by atoms with Crippen LogP contribution in [-0.2, 0) is 0 Å². The largest absolute Gasteiger partial charge is 0.497 e. The van der Waals surface area contributed by atoms with Crippen LogP contribution in [0.15, 0.2) is 34.7 Å². The van der Waals surface area contributed by atoms with E-state index in [4.69, 9.17) is 9.15 Å². The van der Waals surface area contributed by atoms with Crippen LogP contribution in [0.2, 0.25) is 0 Å². The maximum atomic E-state index is 12.6. The smallest absolute Gasteiger partial charge is 0.289 e. The number of hydrogen-bond donors (Lipinski definition) is 0. The van der Waals surface area contributed by atoms with Crippen molar-refractivity contribution in [1.29, 1.82) is 0 Å². The van der Waals surface area contributed by atoms with Gasteiger partial charge in [0.1, 0.15) is 5.75 Å². The van der Waals surface area contributed by atoms with Crippen molar-refractivity contribution in [3.05, 3.63) is 36.1 Å². The number of likely N-dealkylation sites (N-methyl/N-ethyl adjacent to an activating group) is 1. The summed E-state index contributed by atoms with van der Waals surface area (Å²) in [5.74, 6) is 1.03. The predicted octanol–water partition coefficient (Wildman–Crippen LogP) is 2.38. The zero-order valence-corrected chi connectivity index (χ0v) is 13.8. The average Bonchev–Trinajstić information content (AvgIpc) is 3.02. The molecule has 0 N–H and O–H groups in total. The average molecular weight is 325 g/mol. The molecule has 3 heterocycles. The van der Waals surface area contributed by atoms with Gasteiger partial charge in [0.2, 0.25) is 5.71 Å². The third kappa shape index (κ3) is 2.59. The number of nitrogens with zero attached hydrogens (tertiary/aromatic N) is 3. The van der Waals surface area contributed by atoms with Crippen LogP contribution in [0.25, 0.3) is 22.0 Å². The summed E-state index contributed by atoms with van der Waals surface area (Å²) < 4.78 is 11.0. The van der Waals surface area contributed by atoms with Gasteiger partial charge in [-0.2, -0.15) is 0 Å². The number of ether oxygens (including phenoxy) is 1. The molecule has 124 valence electrons. The number of benzene rings is 1. The van der Waals surface area contributed by atoms with Crippen LogP contribution in [0.1, 0.15) is 10.6 Å². The van der Waals surface area contributed by atoms with Crippen molar-refractivity contribution in [2.45, 2.75) is 0 Å². The number of amides is 1. The van der Waals surface area contributed by atoms with E-state index in [1.54, 1.807) is 13.2 Å². The third-order valence-electron chi connectivity index (χ3n) is 4.51. The van der Waals surface area contributed by atoms with E-state index in [-0.39, 0.29) is 5.91 Å². The van der Waals surface area contributed by atoms with Gasteiger partial charge in [0.25, 0.3) is 5.91 Å². The number of furan rings is 1. The van der Waals surface area contributed by atoms with Crippen LogP contribution in [0.5, 0.6) is 5.75 Å². The summed E-state index contributed by atoms with van der Waals surface area (Å²) in [7, 11) is 3.69. The molecule has 1 amide bonds. The number of piperazine rings is 1. The number of fused-ring (bicyclic) bond motifs is 2. The minimum absolute atomic E-state index is 0.0669. The van der Waals surface area contributed by atoms with Crippen LogP contribution in [-0.4, -0.2) is 61.0 Å². The number of carbonyl (C=O) groups is 1. The molecule has 0 radical (unpaired) electrons. The van der Waals surface area contributed by atoms with E-state index >= 15 is 0 Å². The molecule has 0 saturated carbocycles. The van der Waals surface area contributed by atoms with Crippen molar-refractivity contribution in [3.63, 3.8) is 0 Å². The Balaban J connectivity index is 1.69. The molecule has 0 unspecified atom stereocenters. The quantitative estimate of drug-likeness (QED) is 0.724. The number of pyridine rings is 1. The highest BCUT2D eigenvalue weighted by Crippen LogP contribution is 2.26. The van der Waals surface area contributed by atoms with Gasteiger partial charge in [-0.3, -0.25) is 4.79 Å². The highest BCUT2D eigenvalue weighted by atomic mass is 16.5. The normalized spacial score (nSPS) is 16.0. The summed E-state index contributed by atoms with van der Waals surface area (Å²) in [6.07, 6.45) is 0. The Morgan fingerprint density at radius 1 is 1.12 bits per heavy atom. The van der Waals surface area contributed by atoms with Gasteiger partial charge in [-0.15, -0.1) is 0 Å². The van der Waals surface area contributed by atoms with Crippen LogP contribution >= 0.6 is 0 Å². The van der Waals surface area contributed by atoms with Crippen molar-refractivity contribution >= 4 is 27.9 Å². The Morgan fingerprint density at radius 3 is 2.67 bits per heavy atom. The molecular weight excluding hydrogens is 306 g/mol. The van der Waals surface area contributed by atoms with Crippen LogP contribution < -0.4 is 4.74 Å². The first-order chi connectivity index (χ1) is 11.6. The Morgan fingerprint density at radius 2 is 1.92 bits per heavy atom. The molecule has 24 heavy (non-hydrogen) atoms. The van der Waals surface area contributed by atoms with E-state index in [0.717, 1.165) is 48.2 Å². The molecule has 0 spiro atoms. The summed E-state index contributed by atoms with van der Waals surface area (Å²) in [5.41, 5.74) is 1.27. The minimum atomic E-state index is -0.0669. The van der Waals surface area contributed by atoms with Crippen molar-refractivity contribution in [2.24, 2.45) is 0 Å². The first kappa shape index (κ1) is 15.0. The monoisotopic (exact) mass is 325 g/mol. The summed E-state index contributed by atoms with van der Waals surface area (Å²) in [4.78, 5) is 21.2. The van der Waals surface area contributed by atoms with Crippen molar-refractivity contribution in [1.82, 2.24) is 14.8 Å². The molecule has 0 aliphatic carbocycles. The molecule has 6 nitrogen and oxygen atoms in total. The number of hydrogen-bond acceptors (Lipinski definition) is 5. The fourth-order valence-corrected chi connectivity index (χ4v) is 3.00. The standard InChI is InChI=1S/C18H19N3O3/c1-20-5-7-21(8-6-20)18(22)16-10-13-9-12-3-4-14(23-2)11-15(12)19-17(13)24-16/h3-4,9-11H,5-8H2,1-2H3. The van der Waals surface area contributed by atoms with Crippen molar-refractivity contribution in [2.75, 3.05) is 40.3 Å². The van der Waals surface area contributed by atoms with Gasteiger partial charge in [0, 0.05) is 43.0 Å². The molecule has 1 aliphatic rings. The maximum Gasteiger partial charge on any atom is 0.289 e. The lowest BCUT2D eigenvalue weighted by Crippen LogP contribution is -2.47. The molecule has 0 bridgehead atoms. The maximum absolute atomic E-state index is 12.6. The summed E-state index contributed by atoms with van der Waals surface area (Å²) in [5, 5.41) is 1.83. The molecule has 4 rings (SSSR count). The second-order valence-electron chi connectivity index (χ2n) is 6.15. The first-order valence-electron chi connectivity index (χ1n) is 8.00. The molecule has 2 aromatic heterocycles. The van der Waals surface area contributed by atoms with Gasteiger partial charge >= 0.3 is 0 Å². The van der Waals surface area contributed by atoms with Gasteiger partial charge in [0.15, 0.2) is 5.76 Å². The highest BCUT2D eigenvalue weighted by Gasteiger charge is 2.23. The highest BCUT2D eigenvalue weighted by molar-refractivity contribution is 5.98. The zero-order chi connectivity index (χ0) is 16.7. The van der Waals surface area contributed by atoms with E-state index in [9.17, 15) is 4.79 Å². The Kier molecular flexibility index (Phi) is 3.61. The number of carbonyl (C=O) groups excluding carboxylic acids is 1. The zero-order valence-electron chi connectivity index (χ0n) is 13.8. The second kappa shape index (κ2) is 5.79. The van der Waals surface area contributed by atoms with E-state index in [1.165, 1.54) is 0 Å². The first-order valence-corrected chi connectivity index (χ1v) is 8.00. The van der Waals surface area contributed by atoms with Gasteiger partial charge in [-0.1, -0.05) is 0 Å². The molecule has 0 atom stereocenters. The van der Waals surface area contributed by atoms with E-state index in [1.807, 2.05) is 29.2 Å². The number of rotatable bonds is 2. The fraction of sp³-hybridized carbons (Fsp3) is 0.333. The molecule has 3 aromatic rings. The van der Waals surface area contributed by atoms with Crippen LogP contribution in [0.3, 0.4) is 0 Å². The third-order valence-corrected chi connectivity index (χ3v) is 4.51. The van der Waals surface area contributed by atoms with Gasteiger partial charge in [0.05, 0.1) is 12.6 Å². The Bertz CT molecular complexity index is 910. The van der Waals surface area contributed by atoms with Crippen LogP contribution in [0.4, 0.5) is 0 Å². The van der Waals surface area contributed by atoms with Gasteiger partial charge in [-0.05, 0) is 31.3 Å². The summed E-state index contributed by atoms with van der Waals surface area (Å²) >= 11 is 0. The Labute approximate surface area is 139 Å². The van der Waals surface area contributed by atoms with Gasteiger partial charge < -0.3 is 19.0 Å². The second-order valence-corrected chi connectivity index (χ2v) is 6.15. The number of aromatic nitrogens is 1. The molecule has 1 fully saturated rings. The molecule has 1 aromatic carbocycles. The lowest BCUT2D eigenvalue weighted by molar-refractivity contribution is 0.0634. The van der Waals surface area contributed by atoms with Crippen molar-refractivity contribution in [3.8, 4) is 5.75 Å². The fourth-order valence-electron chi connectivity index (χ4n) is 3.00. The molecule has 1 saturated heterocycles. The SMILES string of the molecule is COc1ccc2cc3cc(C(=O)N4CCN(C)CC4)oc3nc2c1. The lowest BCUT2D eigenvalue weighted by Gasteiger charge is -2.31. The predicted molar refractivity (Wildman–Crippen MR) is 91.5 cm³/mol.